The van der Waals surface area contributed by atoms with E-state index in [4.69, 9.17) is 0 Å². The first-order valence-electron chi connectivity index (χ1n) is 11.4. The number of aromatic nitrogens is 3. The number of nitrogens with zero attached hydrogens (tertiary/aromatic N) is 4. The highest BCUT2D eigenvalue weighted by Gasteiger charge is 2.32. The van der Waals surface area contributed by atoms with Crippen LogP contribution in [0.5, 0.6) is 0 Å². The van der Waals surface area contributed by atoms with Crippen molar-refractivity contribution in [1.82, 2.24) is 19.4 Å². The molecule has 1 aliphatic rings. The minimum absolute atomic E-state index is 0.119. The van der Waals surface area contributed by atoms with E-state index >= 15 is 4.39 Å². The molecule has 3 heterocycles. The molecule has 1 aromatic carbocycles. The average Bonchev–Trinajstić information content (AvgIpc) is 3.26. The molecule has 0 amide bonds. The van der Waals surface area contributed by atoms with Gasteiger partial charge in [-0.05, 0) is 25.7 Å². The Morgan fingerprint density at radius 3 is 2.62 bits per heavy atom. The van der Waals surface area contributed by atoms with Gasteiger partial charge in [-0.2, -0.15) is 0 Å². The van der Waals surface area contributed by atoms with E-state index < -0.39 is 23.0 Å². The maximum atomic E-state index is 15.3. The number of nitrogens with one attached hydrogen (secondary N) is 2. The lowest BCUT2D eigenvalue weighted by Crippen LogP contribution is -2.21. The van der Waals surface area contributed by atoms with Gasteiger partial charge in [0.15, 0.2) is 11.6 Å². The van der Waals surface area contributed by atoms with Crippen LogP contribution in [0.4, 0.5) is 20.2 Å². The molecule has 0 fully saturated rings. The summed E-state index contributed by atoms with van der Waals surface area (Å²) in [5.41, 5.74) is 3.01. The van der Waals surface area contributed by atoms with Crippen LogP contribution in [0, 0.1) is 11.6 Å². The van der Waals surface area contributed by atoms with Crippen LogP contribution < -0.4 is 16.1 Å². The number of aromatic carboxylic acids is 1. The van der Waals surface area contributed by atoms with E-state index in [1.54, 1.807) is 32.6 Å². The van der Waals surface area contributed by atoms with Crippen molar-refractivity contribution in [1.29, 1.82) is 0 Å². The highest BCUT2D eigenvalue weighted by molar-refractivity contribution is 5.98. The molecular weight excluding hydrogens is 482 g/mol. The van der Waals surface area contributed by atoms with Crippen LogP contribution in [-0.2, 0) is 13.5 Å². The molecule has 5 rings (SSSR count). The van der Waals surface area contributed by atoms with Crippen LogP contribution >= 0.6 is 0 Å². The number of anilines is 2. The molecule has 190 valence electrons. The third kappa shape index (κ3) is 3.87. The molecule has 4 aromatic rings. The standard InChI is InChI=1S/C26H24F2N6O3/c1-29-18-7-17(27)22(28)20-13(18)6-19-21(20)23(32-11-33(2)3)15(9-30-19)12-5-14-24(35)16(26(36)37)10-34(4)25(14)31-8-12/h5,7-10,29H,6,11H2,1-4H3,(H,30,32)(H,36,37). The van der Waals surface area contributed by atoms with Crippen molar-refractivity contribution in [3.8, 4) is 22.3 Å². The lowest BCUT2D eigenvalue weighted by molar-refractivity contribution is 0.0695. The minimum Gasteiger partial charge on any atom is -0.477 e. The van der Waals surface area contributed by atoms with Crippen LogP contribution in [0.15, 0.2) is 35.5 Å². The summed E-state index contributed by atoms with van der Waals surface area (Å²) in [5, 5.41) is 15.8. The van der Waals surface area contributed by atoms with E-state index in [9.17, 15) is 19.1 Å². The average molecular weight is 507 g/mol. The molecule has 0 atom stereocenters. The summed E-state index contributed by atoms with van der Waals surface area (Å²) in [5.74, 6) is -3.27. The van der Waals surface area contributed by atoms with Crippen molar-refractivity contribution in [2.24, 2.45) is 7.05 Å². The van der Waals surface area contributed by atoms with Crippen molar-refractivity contribution in [2.75, 3.05) is 38.4 Å². The molecule has 0 saturated heterocycles. The van der Waals surface area contributed by atoms with E-state index in [-0.39, 0.29) is 16.5 Å². The quantitative estimate of drug-likeness (QED) is 0.300. The fourth-order valence-corrected chi connectivity index (χ4v) is 4.76. The van der Waals surface area contributed by atoms with E-state index in [2.05, 4.69) is 20.6 Å². The predicted molar refractivity (Wildman–Crippen MR) is 137 cm³/mol. The molecule has 0 bridgehead atoms. The summed E-state index contributed by atoms with van der Waals surface area (Å²) in [6.07, 6.45) is 4.69. The Hall–Kier alpha value is -4.38. The Bertz CT molecular complexity index is 1670. The number of pyridine rings is 3. The fourth-order valence-electron chi connectivity index (χ4n) is 4.76. The maximum absolute atomic E-state index is 15.3. The summed E-state index contributed by atoms with van der Waals surface area (Å²) in [7, 11) is 6.97. The van der Waals surface area contributed by atoms with Gasteiger partial charge in [-0.3, -0.25) is 14.7 Å². The van der Waals surface area contributed by atoms with E-state index in [0.717, 1.165) is 6.07 Å². The minimum atomic E-state index is -1.34. The van der Waals surface area contributed by atoms with Gasteiger partial charge < -0.3 is 20.3 Å². The lowest BCUT2D eigenvalue weighted by Gasteiger charge is -2.20. The zero-order valence-electron chi connectivity index (χ0n) is 20.6. The summed E-state index contributed by atoms with van der Waals surface area (Å²) in [4.78, 5) is 35.4. The van der Waals surface area contributed by atoms with E-state index in [1.807, 2.05) is 19.0 Å². The number of carboxylic acids is 1. The topological polar surface area (TPSA) is 112 Å². The Kier molecular flexibility index (Phi) is 5.87. The number of carboxylic acid groups (broad SMARTS) is 1. The molecule has 3 aromatic heterocycles. The number of benzene rings is 1. The molecule has 0 unspecified atom stereocenters. The summed E-state index contributed by atoms with van der Waals surface area (Å²) in [6, 6.07) is 2.69. The van der Waals surface area contributed by atoms with Gasteiger partial charge in [0.25, 0.3) is 0 Å². The second kappa shape index (κ2) is 8.93. The molecule has 3 N–H and O–H groups in total. The summed E-state index contributed by atoms with van der Waals surface area (Å²) in [6.45, 7) is 0.376. The monoisotopic (exact) mass is 506 g/mol. The first-order valence-corrected chi connectivity index (χ1v) is 11.4. The van der Waals surface area contributed by atoms with Crippen LogP contribution in [0.1, 0.15) is 21.6 Å². The molecule has 0 radical (unpaired) electrons. The van der Waals surface area contributed by atoms with Crippen molar-refractivity contribution in [3.63, 3.8) is 0 Å². The largest absolute Gasteiger partial charge is 0.477 e. The van der Waals surface area contributed by atoms with Gasteiger partial charge in [-0.1, -0.05) is 0 Å². The smallest absolute Gasteiger partial charge is 0.341 e. The van der Waals surface area contributed by atoms with Crippen LogP contribution in [0.25, 0.3) is 33.3 Å². The number of carbonyl (C=O) groups is 1. The molecule has 11 heteroatoms. The fraction of sp³-hybridized carbons (Fsp3) is 0.231. The van der Waals surface area contributed by atoms with Gasteiger partial charge in [0.05, 0.1) is 23.4 Å². The molecule has 0 aliphatic heterocycles. The van der Waals surface area contributed by atoms with Crippen LogP contribution in [-0.4, -0.2) is 58.3 Å². The Labute approximate surface area is 210 Å². The summed E-state index contributed by atoms with van der Waals surface area (Å²) < 4.78 is 31.3. The number of aryl methyl sites for hydroxylation is 1. The SMILES string of the molecule is CNc1cc(F)c(F)c2c1Cc1ncc(-c3cnc4c(c3)c(=O)c(C(=O)O)cn4C)c(NCN(C)C)c1-2. The third-order valence-electron chi connectivity index (χ3n) is 6.47. The van der Waals surface area contributed by atoms with Crippen LogP contribution in [0.2, 0.25) is 0 Å². The lowest BCUT2D eigenvalue weighted by atomic mass is 9.98. The Balaban J connectivity index is 1.80. The molecule has 37 heavy (non-hydrogen) atoms. The van der Waals surface area contributed by atoms with E-state index in [1.165, 1.54) is 10.8 Å². The van der Waals surface area contributed by atoms with Gasteiger partial charge in [-0.25, -0.2) is 18.6 Å². The molecule has 0 saturated carbocycles. The van der Waals surface area contributed by atoms with Crippen LogP contribution in [0.3, 0.4) is 0 Å². The van der Waals surface area contributed by atoms with Gasteiger partial charge in [-0.15, -0.1) is 0 Å². The second-order valence-corrected chi connectivity index (χ2v) is 9.17. The number of rotatable bonds is 6. The van der Waals surface area contributed by atoms with Gasteiger partial charge in [0, 0.05) is 73.1 Å². The molecule has 1 aliphatic carbocycles. The van der Waals surface area contributed by atoms with Crippen molar-refractivity contribution >= 4 is 28.4 Å². The third-order valence-corrected chi connectivity index (χ3v) is 6.47. The predicted octanol–water partition coefficient (Wildman–Crippen LogP) is 3.52. The van der Waals surface area contributed by atoms with Gasteiger partial charge in [0.2, 0.25) is 5.43 Å². The summed E-state index contributed by atoms with van der Waals surface area (Å²) >= 11 is 0. The first-order chi connectivity index (χ1) is 17.6. The van der Waals surface area contributed by atoms with Gasteiger partial charge in [0.1, 0.15) is 11.2 Å². The van der Waals surface area contributed by atoms with Crippen molar-refractivity contribution < 1.29 is 18.7 Å². The number of fused-ring (bicyclic) bond motifs is 4. The van der Waals surface area contributed by atoms with Gasteiger partial charge >= 0.3 is 5.97 Å². The second-order valence-electron chi connectivity index (χ2n) is 9.17. The zero-order chi connectivity index (χ0) is 26.6. The Morgan fingerprint density at radius 2 is 1.95 bits per heavy atom. The first kappa shape index (κ1) is 24.3. The zero-order valence-corrected chi connectivity index (χ0v) is 20.6. The van der Waals surface area contributed by atoms with E-state index in [0.29, 0.717) is 58.1 Å². The number of hydrogen-bond acceptors (Lipinski definition) is 7. The molecule has 9 nitrogen and oxygen atoms in total. The Morgan fingerprint density at radius 1 is 1.19 bits per heavy atom. The van der Waals surface area contributed by atoms with Crippen molar-refractivity contribution in [3.05, 3.63) is 69.4 Å². The maximum Gasteiger partial charge on any atom is 0.341 e. The van der Waals surface area contributed by atoms with Crippen molar-refractivity contribution in [2.45, 2.75) is 6.42 Å². The highest BCUT2D eigenvalue weighted by Crippen LogP contribution is 2.48. The molecular formula is C26H24F2N6O3. The normalized spacial score (nSPS) is 12.1. The highest BCUT2D eigenvalue weighted by atomic mass is 19.2. The number of halogens is 2. The molecule has 0 spiro atoms. The number of hydrogen-bond donors (Lipinski definition) is 3.